The van der Waals surface area contributed by atoms with Gasteiger partial charge in [-0.1, -0.05) is 0 Å². The molecule has 1 fully saturated rings. The lowest BCUT2D eigenvalue weighted by Gasteiger charge is -2.24. The minimum absolute atomic E-state index is 0. The number of nitrogens with zero attached hydrogens (tertiary/aromatic N) is 1. The van der Waals surface area contributed by atoms with Crippen LogP contribution < -0.4 is 10.1 Å². The molecule has 0 aliphatic carbocycles. The molecule has 3 nitrogen and oxygen atoms in total. The zero-order valence-corrected chi connectivity index (χ0v) is 12.2. The molecule has 0 radical (unpaired) electrons. The number of halogens is 2. The number of hydrogen-bond acceptors (Lipinski definition) is 3. The highest BCUT2D eigenvalue weighted by atomic mass is 35.5. The maximum Gasteiger partial charge on any atom is 0.131 e. The van der Waals surface area contributed by atoms with Gasteiger partial charge in [0.2, 0.25) is 0 Å². The Morgan fingerprint density at radius 1 is 1.25 bits per heavy atom. The molecule has 0 spiro atoms. The average Bonchev–Trinajstić information content (AvgIpc) is 2.41. The second-order valence-corrected chi connectivity index (χ2v) is 4.99. The van der Waals surface area contributed by atoms with E-state index in [0.717, 1.165) is 48.3 Å². The van der Waals surface area contributed by atoms with Gasteiger partial charge in [-0.05, 0) is 51.1 Å². The molecule has 0 atom stereocenters. The summed E-state index contributed by atoms with van der Waals surface area (Å²) in [6.45, 7) is 3.88. The molecule has 0 bridgehead atoms. The number of benzene rings is 1. The Balaban J connectivity index is 0.00000147. The van der Waals surface area contributed by atoms with Crippen molar-refractivity contribution in [2.24, 2.45) is 0 Å². The third-order valence-corrected chi connectivity index (χ3v) is 3.44. The van der Waals surface area contributed by atoms with Crippen LogP contribution in [0.1, 0.15) is 18.5 Å². The molecule has 108 valence electrons. The van der Waals surface area contributed by atoms with E-state index in [2.05, 4.69) is 10.3 Å². The first-order valence-corrected chi connectivity index (χ1v) is 6.67. The first-order valence-electron chi connectivity index (χ1n) is 6.67. The maximum absolute atomic E-state index is 13.4. The minimum atomic E-state index is -0.256. The van der Waals surface area contributed by atoms with E-state index in [0.29, 0.717) is 0 Å². The second-order valence-electron chi connectivity index (χ2n) is 4.99. The smallest absolute Gasteiger partial charge is 0.131 e. The largest absolute Gasteiger partial charge is 0.490 e. The van der Waals surface area contributed by atoms with Gasteiger partial charge in [-0.3, -0.25) is 4.98 Å². The number of hydrogen-bond donors (Lipinski definition) is 1. The number of ether oxygens (including phenoxy) is 1. The summed E-state index contributed by atoms with van der Waals surface area (Å²) in [7, 11) is 0. The number of fused-ring (bicyclic) bond motifs is 1. The van der Waals surface area contributed by atoms with Gasteiger partial charge >= 0.3 is 0 Å². The lowest BCUT2D eigenvalue weighted by atomic mass is 10.1. The maximum atomic E-state index is 13.4. The van der Waals surface area contributed by atoms with Gasteiger partial charge in [0.25, 0.3) is 0 Å². The fourth-order valence-corrected chi connectivity index (χ4v) is 2.48. The number of aromatic nitrogens is 1. The zero-order chi connectivity index (χ0) is 13.2. The van der Waals surface area contributed by atoms with Crippen molar-refractivity contribution < 1.29 is 9.13 Å². The standard InChI is InChI=1S/C15H17FN2O.ClH/c1-10-8-15(19-12-4-6-17-7-5-12)13-9-11(16)2-3-14(13)18-10;/h2-3,8-9,12,17H,4-7H2,1H3;1H. The number of nitrogens with one attached hydrogen (secondary N) is 1. The molecule has 1 aliphatic rings. The van der Waals surface area contributed by atoms with Crippen molar-refractivity contribution in [3.63, 3.8) is 0 Å². The van der Waals surface area contributed by atoms with Crippen LogP contribution in [0, 0.1) is 12.7 Å². The van der Waals surface area contributed by atoms with E-state index in [1.807, 2.05) is 13.0 Å². The number of rotatable bonds is 2. The fourth-order valence-electron chi connectivity index (χ4n) is 2.48. The molecule has 0 amide bonds. The summed E-state index contributed by atoms with van der Waals surface area (Å²) in [6.07, 6.45) is 2.17. The third kappa shape index (κ3) is 3.19. The van der Waals surface area contributed by atoms with E-state index in [1.54, 1.807) is 6.07 Å². The summed E-state index contributed by atoms with van der Waals surface area (Å²) in [6, 6.07) is 6.53. The predicted molar refractivity (Wildman–Crippen MR) is 80.2 cm³/mol. The Hall–Kier alpha value is -1.39. The van der Waals surface area contributed by atoms with Crippen molar-refractivity contribution in [1.29, 1.82) is 0 Å². The summed E-state index contributed by atoms with van der Waals surface area (Å²) in [5.41, 5.74) is 1.67. The lowest BCUT2D eigenvalue weighted by Crippen LogP contribution is -2.34. The molecule has 20 heavy (non-hydrogen) atoms. The summed E-state index contributed by atoms with van der Waals surface area (Å²) < 4.78 is 19.5. The van der Waals surface area contributed by atoms with Crippen LogP contribution in [0.4, 0.5) is 4.39 Å². The topological polar surface area (TPSA) is 34.1 Å². The highest BCUT2D eigenvalue weighted by molar-refractivity contribution is 5.85. The highest BCUT2D eigenvalue weighted by Gasteiger charge is 2.16. The van der Waals surface area contributed by atoms with Crippen molar-refractivity contribution >= 4 is 23.3 Å². The van der Waals surface area contributed by atoms with Crippen molar-refractivity contribution in [2.75, 3.05) is 13.1 Å². The van der Waals surface area contributed by atoms with E-state index in [4.69, 9.17) is 4.74 Å². The molecule has 0 unspecified atom stereocenters. The molecule has 1 aromatic heterocycles. The number of pyridine rings is 1. The Morgan fingerprint density at radius 2 is 2.00 bits per heavy atom. The van der Waals surface area contributed by atoms with Gasteiger partial charge < -0.3 is 10.1 Å². The van der Waals surface area contributed by atoms with E-state index in [9.17, 15) is 4.39 Å². The molecular weight excluding hydrogens is 279 g/mol. The van der Waals surface area contributed by atoms with Crippen LogP contribution >= 0.6 is 12.4 Å². The van der Waals surface area contributed by atoms with Crippen LogP contribution in [0.15, 0.2) is 24.3 Å². The quantitative estimate of drug-likeness (QED) is 0.924. The van der Waals surface area contributed by atoms with Crippen molar-refractivity contribution in [1.82, 2.24) is 10.3 Å². The summed E-state index contributed by atoms with van der Waals surface area (Å²) in [5, 5.41) is 4.06. The first kappa shape index (κ1) is 15.0. The molecular formula is C15H18ClFN2O. The van der Waals surface area contributed by atoms with Crippen LogP contribution in [-0.2, 0) is 0 Å². The fraction of sp³-hybridized carbons (Fsp3) is 0.400. The Labute approximate surface area is 123 Å². The predicted octanol–water partition coefficient (Wildman–Crippen LogP) is 3.23. The monoisotopic (exact) mass is 296 g/mol. The Kier molecular flexibility index (Phi) is 4.78. The van der Waals surface area contributed by atoms with Crippen LogP contribution in [0.5, 0.6) is 5.75 Å². The molecule has 2 aromatic rings. The van der Waals surface area contributed by atoms with Gasteiger partial charge in [-0.15, -0.1) is 12.4 Å². The van der Waals surface area contributed by atoms with Crippen molar-refractivity contribution in [3.8, 4) is 5.75 Å². The van der Waals surface area contributed by atoms with Gasteiger partial charge in [-0.25, -0.2) is 4.39 Å². The molecule has 1 N–H and O–H groups in total. The van der Waals surface area contributed by atoms with Crippen molar-refractivity contribution in [2.45, 2.75) is 25.9 Å². The minimum Gasteiger partial charge on any atom is -0.490 e. The molecule has 3 rings (SSSR count). The van der Waals surface area contributed by atoms with E-state index in [-0.39, 0.29) is 24.3 Å². The van der Waals surface area contributed by atoms with Crippen LogP contribution in [0.2, 0.25) is 0 Å². The normalized spacial score (nSPS) is 15.9. The highest BCUT2D eigenvalue weighted by Crippen LogP contribution is 2.28. The van der Waals surface area contributed by atoms with Crippen LogP contribution in [0.3, 0.4) is 0 Å². The Bertz CT molecular complexity index is 600. The summed E-state index contributed by atoms with van der Waals surface area (Å²) in [5.74, 6) is 0.488. The third-order valence-electron chi connectivity index (χ3n) is 3.44. The molecule has 1 saturated heterocycles. The number of aryl methyl sites for hydroxylation is 1. The van der Waals surface area contributed by atoms with Crippen LogP contribution in [-0.4, -0.2) is 24.2 Å². The van der Waals surface area contributed by atoms with Gasteiger partial charge in [0.05, 0.1) is 5.52 Å². The van der Waals surface area contributed by atoms with E-state index >= 15 is 0 Å². The van der Waals surface area contributed by atoms with Gasteiger partial charge in [0, 0.05) is 17.1 Å². The van der Waals surface area contributed by atoms with Gasteiger partial charge in [-0.2, -0.15) is 0 Å². The first-order chi connectivity index (χ1) is 9.22. The SMILES string of the molecule is Cc1cc(OC2CCNCC2)c2cc(F)ccc2n1.Cl. The molecule has 5 heteroatoms. The average molecular weight is 297 g/mol. The van der Waals surface area contributed by atoms with E-state index < -0.39 is 0 Å². The Morgan fingerprint density at radius 3 is 2.75 bits per heavy atom. The molecule has 1 aliphatic heterocycles. The van der Waals surface area contributed by atoms with Gasteiger partial charge in [0.15, 0.2) is 0 Å². The lowest BCUT2D eigenvalue weighted by molar-refractivity contribution is 0.164. The van der Waals surface area contributed by atoms with Crippen LogP contribution in [0.25, 0.3) is 10.9 Å². The summed E-state index contributed by atoms with van der Waals surface area (Å²) in [4.78, 5) is 4.41. The van der Waals surface area contributed by atoms with E-state index in [1.165, 1.54) is 12.1 Å². The summed E-state index contributed by atoms with van der Waals surface area (Å²) >= 11 is 0. The van der Waals surface area contributed by atoms with Gasteiger partial charge in [0.1, 0.15) is 17.7 Å². The molecule has 0 saturated carbocycles. The molecule has 1 aromatic carbocycles. The molecule has 2 heterocycles. The zero-order valence-electron chi connectivity index (χ0n) is 11.4. The van der Waals surface area contributed by atoms with Crippen molar-refractivity contribution in [3.05, 3.63) is 35.8 Å². The second kappa shape index (κ2) is 6.37. The number of piperidine rings is 1.